The molecule has 1 atom stereocenters. The minimum Gasteiger partial charge on any atom is -0.348 e. The Hall–Kier alpha value is -2.67. The summed E-state index contributed by atoms with van der Waals surface area (Å²) in [4.78, 5) is 28.7. The average molecular weight is 511 g/mol. The van der Waals surface area contributed by atoms with Gasteiger partial charge >= 0.3 is 0 Å². The molecule has 2 aromatic rings. The van der Waals surface area contributed by atoms with E-state index in [4.69, 9.17) is 0 Å². The van der Waals surface area contributed by atoms with Gasteiger partial charge in [0.15, 0.2) is 9.84 Å². The van der Waals surface area contributed by atoms with Crippen LogP contribution in [0.4, 0.5) is 0 Å². The quantitative estimate of drug-likeness (QED) is 0.516. The van der Waals surface area contributed by atoms with Crippen molar-refractivity contribution in [2.75, 3.05) is 12.3 Å². The Labute approximate surface area is 215 Å². The molecule has 6 nitrogen and oxygen atoms in total. The number of carbonyl (C=O) groups is 2. The second-order valence-electron chi connectivity index (χ2n) is 10.8. The molecule has 2 aromatic carbocycles. The van der Waals surface area contributed by atoms with Gasteiger partial charge in [0.2, 0.25) is 0 Å². The molecule has 0 aromatic heterocycles. The van der Waals surface area contributed by atoms with Crippen LogP contribution < -0.4 is 5.32 Å². The molecule has 7 heteroatoms. The van der Waals surface area contributed by atoms with Crippen molar-refractivity contribution in [1.29, 1.82) is 0 Å². The van der Waals surface area contributed by atoms with Gasteiger partial charge in [0.1, 0.15) is 0 Å². The van der Waals surface area contributed by atoms with Gasteiger partial charge in [-0.25, -0.2) is 8.42 Å². The monoisotopic (exact) mass is 510 g/mol. The lowest BCUT2D eigenvalue weighted by Crippen LogP contribution is -2.36. The summed E-state index contributed by atoms with van der Waals surface area (Å²) < 4.78 is 24.0. The van der Waals surface area contributed by atoms with Gasteiger partial charge in [0, 0.05) is 24.2 Å². The van der Waals surface area contributed by atoms with E-state index in [0.717, 1.165) is 23.6 Å². The lowest BCUT2D eigenvalue weighted by Gasteiger charge is -2.34. The highest BCUT2D eigenvalue weighted by atomic mass is 32.2. The molecule has 194 valence electrons. The Bertz CT molecular complexity index is 1210. The first kappa shape index (κ1) is 26.4. The fraction of sp³-hybridized carbons (Fsp3) is 0.517. The first-order chi connectivity index (χ1) is 17.1. The lowest BCUT2D eigenvalue weighted by molar-refractivity contribution is 0.0614. The van der Waals surface area contributed by atoms with Crippen LogP contribution in [0.15, 0.2) is 47.4 Å². The molecule has 1 heterocycles. The van der Waals surface area contributed by atoms with Gasteiger partial charge in [-0.15, -0.1) is 0 Å². The molecule has 0 bridgehead atoms. The molecule has 1 saturated carbocycles. The van der Waals surface area contributed by atoms with Gasteiger partial charge < -0.3 is 10.2 Å². The van der Waals surface area contributed by atoms with Crippen LogP contribution in [0.5, 0.6) is 0 Å². The number of hydrogen-bond donors (Lipinski definition) is 1. The third-order valence-electron chi connectivity index (χ3n) is 7.80. The molecule has 0 radical (unpaired) electrons. The Balaban J connectivity index is 1.45. The molecular weight excluding hydrogens is 472 g/mol. The topological polar surface area (TPSA) is 83.5 Å². The Morgan fingerprint density at radius 2 is 1.72 bits per heavy atom. The third-order valence-corrected chi connectivity index (χ3v) is 9.55. The van der Waals surface area contributed by atoms with E-state index in [1.807, 2.05) is 11.0 Å². The minimum absolute atomic E-state index is 0.0321. The van der Waals surface area contributed by atoms with E-state index in [1.165, 1.54) is 25.7 Å². The fourth-order valence-corrected chi connectivity index (χ4v) is 6.44. The number of rotatable bonds is 8. The summed E-state index contributed by atoms with van der Waals surface area (Å²) in [5.74, 6) is 1.44. The zero-order valence-electron chi connectivity index (χ0n) is 21.8. The summed E-state index contributed by atoms with van der Waals surface area (Å²) in [7, 11) is -3.25. The molecule has 0 spiro atoms. The second-order valence-corrected chi connectivity index (χ2v) is 13.1. The fourth-order valence-electron chi connectivity index (χ4n) is 5.56. The van der Waals surface area contributed by atoms with Crippen molar-refractivity contribution in [2.24, 2.45) is 17.8 Å². The van der Waals surface area contributed by atoms with Gasteiger partial charge in [0.05, 0.1) is 16.7 Å². The van der Waals surface area contributed by atoms with E-state index in [1.54, 1.807) is 43.3 Å². The normalized spacial score (nSPS) is 22.1. The van der Waals surface area contributed by atoms with Gasteiger partial charge in [-0.1, -0.05) is 58.7 Å². The number of sulfone groups is 1. The van der Waals surface area contributed by atoms with Crippen molar-refractivity contribution in [2.45, 2.75) is 70.9 Å². The summed E-state index contributed by atoms with van der Waals surface area (Å²) in [5, 5.41) is 2.90. The Kier molecular flexibility index (Phi) is 7.88. The highest BCUT2D eigenvalue weighted by molar-refractivity contribution is 7.91. The third kappa shape index (κ3) is 5.51. The van der Waals surface area contributed by atoms with Crippen LogP contribution in [0.1, 0.15) is 91.3 Å². The minimum atomic E-state index is -3.25. The summed E-state index contributed by atoms with van der Waals surface area (Å²) in [5.41, 5.74) is 2.93. The Morgan fingerprint density at radius 1 is 1.06 bits per heavy atom. The number of benzene rings is 2. The van der Waals surface area contributed by atoms with Crippen molar-refractivity contribution >= 4 is 21.7 Å². The van der Waals surface area contributed by atoms with E-state index in [0.29, 0.717) is 17.0 Å². The number of carbonyl (C=O) groups excluding carboxylic acids is 2. The van der Waals surface area contributed by atoms with Gasteiger partial charge in [0.25, 0.3) is 11.8 Å². The molecule has 2 amide bonds. The van der Waals surface area contributed by atoms with Crippen molar-refractivity contribution in [3.63, 3.8) is 0 Å². The summed E-state index contributed by atoms with van der Waals surface area (Å²) in [6.45, 7) is 9.29. The summed E-state index contributed by atoms with van der Waals surface area (Å²) in [6.07, 6.45) is 4.80. The number of nitrogens with zero attached hydrogens (tertiary/aromatic N) is 1. The van der Waals surface area contributed by atoms with Crippen molar-refractivity contribution in [3.8, 4) is 0 Å². The largest absolute Gasteiger partial charge is 0.348 e. The van der Waals surface area contributed by atoms with Crippen LogP contribution in [-0.4, -0.2) is 37.4 Å². The molecule has 4 rings (SSSR count). The number of fused-ring (bicyclic) bond motifs is 1. The number of hydrogen-bond acceptors (Lipinski definition) is 4. The zero-order valence-corrected chi connectivity index (χ0v) is 22.6. The molecule has 0 unspecified atom stereocenters. The van der Waals surface area contributed by atoms with Crippen LogP contribution >= 0.6 is 0 Å². The van der Waals surface area contributed by atoms with E-state index in [-0.39, 0.29) is 41.0 Å². The SMILES string of the molecule is CCS(=O)(=O)c1ccc(CNC(=O)c2ccc3c(c2)C(=O)N(CC2CCC(C)CC2)[C@H]3C(C)C)cc1. The first-order valence-electron chi connectivity index (χ1n) is 13.2. The summed E-state index contributed by atoms with van der Waals surface area (Å²) in [6, 6.07) is 12.1. The standard InChI is InChI=1S/C29H38N2O4S/c1-5-36(34,35)24-13-10-21(11-14-24)17-30-28(32)23-12-15-25-26(16-23)29(33)31(27(25)19(2)3)18-22-8-6-20(4)7-9-22/h10-16,19-20,22,27H,5-9,17-18H2,1-4H3,(H,30,32)/t20?,22?,27-/m0/s1. The van der Waals surface area contributed by atoms with Crippen LogP contribution in [0.2, 0.25) is 0 Å². The molecular formula is C29H38N2O4S. The maximum absolute atomic E-state index is 13.5. The predicted molar refractivity (Wildman–Crippen MR) is 142 cm³/mol. The van der Waals surface area contributed by atoms with E-state index in [2.05, 4.69) is 26.1 Å². The smallest absolute Gasteiger partial charge is 0.254 e. The Morgan fingerprint density at radius 3 is 2.33 bits per heavy atom. The highest BCUT2D eigenvalue weighted by Gasteiger charge is 2.40. The van der Waals surface area contributed by atoms with Gasteiger partial charge in [-0.05, 0) is 66.0 Å². The van der Waals surface area contributed by atoms with Crippen LogP contribution in [-0.2, 0) is 16.4 Å². The van der Waals surface area contributed by atoms with Crippen molar-refractivity contribution in [1.82, 2.24) is 10.2 Å². The average Bonchev–Trinajstić information content (AvgIpc) is 3.15. The van der Waals surface area contributed by atoms with E-state index in [9.17, 15) is 18.0 Å². The molecule has 36 heavy (non-hydrogen) atoms. The molecule has 1 fully saturated rings. The molecule has 1 aliphatic heterocycles. The number of amides is 2. The van der Waals surface area contributed by atoms with Crippen LogP contribution in [0.3, 0.4) is 0 Å². The van der Waals surface area contributed by atoms with Gasteiger partial charge in [-0.3, -0.25) is 9.59 Å². The summed E-state index contributed by atoms with van der Waals surface area (Å²) >= 11 is 0. The molecule has 1 N–H and O–H groups in total. The predicted octanol–water partition coefficient (Wildman–Crippen LogP) is 5.39. The molecule has 0 saturated heterocycles. The van der Waals surface area contributed by atoms with Crippen molar-refractivity contribution in [3.05, 3.63) is 64.7 Å². The van der Waals surface area contributed by atoms with E-state index >= 15 is 0 Å². The van der Waals surface area contributed by atoms with E-state index < -0.39 is 9.84 Å². The molecule has 2 aliphatic rings. The first-order valence-corrected chi connectivity index (χ1v) is 14.8. The van der Waals surface area contributed by atoms with Crippen LogP contribution in [0, 0.1) is 17.8 Å². The molecule has 1 aliphatic carbocycles. The maximum atomic E-state index is 13.5. The van der Waals surface area contributed by atoms with Crippen LogP contribution in [0.25, 0.3) is 0 Å². The number of nitrogens with one attached hydrogen (secondary N) is 1. The maximum Gasteiger partial charge on any atom is 0.254 e. The van der Waals surface area contributed by atoms with Gasteiger partial charge in [-0.2, -0.15) is 0 Å². The second kappa shape index (κ2) is 10.8. The lowest BCUT2D eigenvalue weighted by atomic mass is 9.82. The van der Waals surface area contributed by atoms with Crippen molar-refractivity contribution < 1.29 is 18.0 Å². The zero-order chi connectivity index (χ0) is 26.0. The highest BCUT2D eigenvalue weighted by Crippen LogP contribution is 2.41.